The normalized spacial score (nSPS) is 26.2. The van der Waals surface area contributed by atoms with E-state index >= 15 is 0 Å². The van der Waals surface area contributed by atoms with Gasteiger partial charge in [0.05, 0.1) is 0 Å². The van der Waals surface area contributed by atoms with E-state index in [-0.39, 0.29) is 11.4 Å². The van der Waals surface area contributed by atoms with Crippen LogP contribution in [-0.4, -0.2) is 40.9 Å². The maximum absolute atomic E-state index is 11.9. The summed E-state index contributed by atoms with van der Waals surface area (Å²) in [6.45, 7) is 7.50. The molecule has 1 unspecified atom stereocenters. The summed E-state index contributed by atoms with van der Waals surface area (Å²) in [7, 11) is 0. The van der Waals surface area contributed by atoms with Crippen LogP contribution in [0.5, 0.6) is 0 Å². The molecule has 3 nitrogen and oxygen atoms in total. The van der Waals surface area contributed by atoms with Gasteiger partial charge in [-0.15, -0.1) is 0 Å². The number of rotatable bonds is 3. The Labute approximate surface area is 127 Å². The second-order valence-electron chi connectivity index (χ2n) is 6.30. The van der Waals surface area contributed by atoms with Gasteiger partial charge >= 0.3 is 0 Å². The van der Waals surface area contributed by atoms with E-state index in [0.717, 1.165) is 32.6 Å². The van der Waals surface area contributed by atoms with E-state index in [1.54, 1.807) is 0 Å². The zero-order valence-electron chi connectivity index (χ0n) is 12.6. The number of carbonyl (C=O) groups excluding carboxylic acids is 1. The Balaban J connectivity index is 1.76. The van der Waals surface area contributed by atoms with Crippen molar-refractivity contribution in [3.05, 3.63) is 48.6 Å². The number of carbonyl (C=O) groups is 1. The molecule has 0 radical (unpaired) electrons. The van der Waals surface area contributed by atoms with Crippen molar-refractivity contribution in [2.75, 3.05) is 19.6 Å². The standard InChI is InChI=1S/C18H24N2O/c1-2-17(21)19-13-11-18(15-19)10-6-7-12-20(18)14-16-8-4-3-5-9-16/h2-5,8-9H,1,6-7,10-15H2. The van der Waals surface area contributed by atoms with Crippen LogP contribution >= 0.6 is 0 Å². The minimum absolute atomic E-state index is 0.0807. The number of likely N-dealkylation sites (tertiary alicyclic amines) is 2. The van der Waals surface area contributed by atoms with Gasteiger partial charge in [0.15, 0.2) is 0 Å². The van der Waals surface area contributed by atoms with Gasteiger partial charge in [0.1, 0.15) is 0 Å². The lowest BCUT2D eigenvalue weighted by atomic mass is 9.85. The van der Waals surface area contributed by atoms with Crippen LogP contribution in [0.2, 0.25) is 0 Å². The third-order valence-corrected chi connectivity index (χ3v) is 5.03. The molecule has 21 heavy (non-hydrogen) atoms. The highest BCUT2D eigenvalue weighted by atomic mass is 16.2. The summed E-state index contributed by atoms with van der Waals surface area (Å²) in [4.78, 5) is 16.5. The van der Waals surface area contributed by atoms with Crippen molar-refractivity contribution in [3.8, 4) is 0 Å². The monoisotopic (exact) mass is 284 g/mol. The summed E-state index contributed by atoms with van der Waals surface area (Å²) in [5.41, 5.74) is 1.56. The molecule has 2 aliphatic heterocycles. The second kappa shape index (κ2) is 6.02. The molecular weight excluding hydrogens is 260 g/mol. The molecule has 0 aromatic heterocycles. The van der Waals surface area contributed by atoms with E-state index in [1.165, 1.54) is 30.9 Å². The Bertz CT molecular complexity index is 513. The van der Waals surface area contributed by atoms with E-state index < -0.39 is 0 Å². The molecule has 1 spiro atoms. The minimum atomic E-state index is 0.0807. The molecule has 3 rings (SSSR count). The van der Waals surface area contributed by atoms with E-state index in [9.17, 15) is 4.79 Å². The maximum atomic E-state index is 11.9. The number of piperidine rings is 1. The van der Waals surface area contributed by atoms with Gasteiger partial charge < -0.3 is 4.90 Å². The predicted molar refractivity (Wildman–Crippen MR) is 84.8 cm³/mol. The van der Waals surface area contributed by atoms with Gasteiger partial charge in [-0.2, -0.15) is 0 Å². The van der Waals surface area contributed by atoms with Gasteiger partial charge in [0, 0.05) is 25.2 Å². The van der Waals surface area contributed by atoms with Crippen LogP contribution in [0.25, 0.3) is 0 Å². The van der Waals surface area contributed by atoms with Gasteiger partial charge in [0.25, 0.3) is 0 Å². The molecule has 0 bridgehead atoms. The number of amides is 1. The van der Waals surface area contributed by atoms with Crippen molar-refractivity contribution >= 4 is 5.91 Å². The maximum Gasteiger partial charge on any atom is 0.246 e. The first-order valence-electron chi connectivity index (χ1n) is 7.94. The molecule has 1 aromatic carbocycles. The third-order valence-electron chi connectivity index (χ3n) is 5.03. The van der Waals surface area contributed by atoms with Crippen LogP contribution in [0.15, 0.2) is 43.0 Å². The highest BCUT2D eigenvalue weighted by Crippen LogP contribution is 2.37. The third kappa shape index (κ3) is 2.88. The molecule has 1 atom stereocenters. The number of nitrogens with zero attached hydrogens (tertiary/aromatic N) is 2. The first-order chi connectivity index (χ1) is 10.2. The summed E-state index contributed by atoms with van der Waals surface area (Å²) in [5.74, 6) is 0.0807. The van der Waals surface area contributed by atoms with Gasteiger partial charge in [0.2, 0.25) is 5.91 Å². The quantitative estimate of drug-likeness (QED) is 0.797. The summed E-state index contributed by atoms with van der Waals surface area (Å²) in [6, 6.07) is 10.7. The van der Waals surface area contributed by atoms with Crippen molar-refractivity contribution in [3.63, 3.8) is 0 Å². The number of hydrogen-bond acceptors (Lipinski definition) is 2. The second-order valence-corrected chi connectivity index (χ2v) is 6.30. The molecule has 112 valence electrons. The van der Waals surface area contributed by atoms with Gasteiger partial charge in [-0.05, 0) is 37.4 Å². The molecule has 2 saturated heterocycles. The van der Waals surface area contributed by atoms with Crippen LogP contribution in [-0.2, 0) is 11.3 Å². The molecule has 2 fully saturated rings. The summed E-state index contributed by atoms with van der Waals surface area (Å²) < 4.78 is 0. The molecule has 0 aliphatic carbocycles. The largest absolute Gasteiger partial charge is 0.337 e. The van der Waals surface area contributed by atoms with Crippen molar-refractivity contribution in [1.82, 2.24) is 9.80 Å². The molecule has 1 aromatic rings. The van der Waals surface area contributed by atoms with Crippen molar-refractivity contribution in [2.45, 2.75) is 37.8 Å². The first-order valence-corrected chi connectivity index (χ1v) is 7.94. The van der Waals surface area contributed by atoms with Crippen LogP contribution in [0.3, 0.4) is 0 Å². The topological polar surface area (TPSA) is 23.6 Å². The Kier molecular flexibility index (Phi) is 4.11. The van der Waals surface area contributed by atoms with Crippen LogP contribution in [0.4, 0.5) is 0 Å². The predicted octanol–water partition coefficient (Wildman–Crippen LogP) is 2.83. The van der Waals surface area contributed by atoms with Crippen molar-refractivity contribution in [1.29, 1.82) is 0 Å². The van der Waals surface area contributed by atoms with Gasteiger partial charge in [-0.3, -0.25) is 9.69 Å². The fraction of sp³-hybridized carbons (Fsp3) is 0.500. The van der Waals surface area contributed by atoms with E-state index in [1.807, 2.05) is 4.90 Å². The molecule has 1 amide bonds. The van der Waals surface area contributed by atoms with E-state index in [2.05, 4.69) is 41.8 Å². The molecule has 2 aliphatic rings. The van der Waals surface area contributed by atoms with Crippen LogP contribution < -0.4 is 0 Å². The van der Waals surface area contributed by atoms with Gasteiger partial charge in [-0.25, -0.2) is 0 Å². The number of benzene rings is 1. The Hall–Kier alpha value is -1.61. The van der Waals surface area contributed by atoms with Gasteiger partial charge in [-0.1, -0.05) is 43.3 Å². The van der Waals surface area contributed by atoms with Crippen LogP contribution in [0, 0.1) is 0 Å². The average Bonchev–Trinajstić information content (AvgIpc) is 2.95. The lowest BCUT2D eigenvalue weighted by Gasteiger charge is -2.45. The molecular formula is C18H24N2O. The van der Waals surface area contributed by atoms with E-state index in [4.69, 9.17) is 0 Å². The fourth-order valence-electron chi connectivity index (χ4n) is 3.84. The highest BCUT2D eigenvalue weighted by Gasteiger charge is 2.44. The average molecular weight is 284 g/mol. The zero-order valence-corrected chi connectivity index (χ0v) is 12.6. The Morgan fingerprint density at radius 1 is 1.19 bits per heavy atom. The van der Waals surface area contributed by atoms with Crippen molar-refractivity contribution in [2.24, 2.45) is 0 Å². The Morgan fingerprint density at radius 2 is 2.00 bits per heavy atom. The molecule has 0 N–H and O–H groups in total. The molecule has 0 saturated carbocycles. The summed E-state index contributed by atoms with van der Waals surface area (Å²) in [6.07, 6.45) is 6.30. The smallest absolute Gasteiger partial charge is 0.246 e. The highest BCUT2D eigenvalue weighted by molar-refractivity contribution is 5.87. The first kappa shape index (κ1) is 14.3. The SMILES string of the molecule is C=CC(=O)N1CCC2(CCCCN2Cc2ccccc2)C1. The summed E-state index contributed by atoms with van der Waals surface area (Å²) in [5, 5.41) is 0. The number of hydrogen-bond donors (Lipinski definition) is 0. The van der Waals surface area contributed by atoms with Crippen LogP contribution in [0.1, 0.15) is 31.2 Å². The molecule has 3 heteroatoms. The Morgan fingerprint density at radius 3 is 2.76 bits per heavy atom. The van der Waals surface area contributed by atoms with E-state index in [0.29, 0.717) is 0 Å². The molecule has 2 heterocycles. The summed E-state index contributed by atoms with van der Waals surface area (Å²) >= 11 is 0. The lowest BCUT2D eigenvalue weighted by molar-refractivity contribution is -0.125. The fourth-order valence-corrected chi connectivity index (χ4v) is 3.84. The lowest BCUT2D eigenvalue weighted by Crippen LogP contribution is -2.53. The zero-order chi connectivity index (χ0) is 14.7. The van der Waals surface area contributed by atoms with Crippen molar-refractivity contribution < 1.29 is 4.79 Å². The minimum Gasteiger partial charge on any atom is -0.337 e.